The Hall–Kier alpha value is -0.0800. The maximum absolute atomic E-state index is 3.53. The van der Waals surface area contributed by atoms with Crippen molar-refractivity contribution in [1.82, 2.24) is 10.2 Å². The fourth-order valence-electron chi connectivity index (χ4n) is 2.34. The van der Waals surface area contributed by atoms with Crippen molar-refractivity contribution < 1.29 is 0 Å². The van der Waals surface area contributed by atoms with Crippen molar-refractivity contribution in [2.24, 2.45) is 5.41 Å². The van der Waals surface area contributed by atoms with E-state index in [1.165, 1.54) is 38.8 Å². The Labute approximate surface area is 95.4 Å². The highest BCUT2D eigenvalue weighted by atomic mass is 15.2. The Morgan fingerprint density at radius 3 is 2.20 bits per heavy atom. The first-order chi connectivity index (χ1) is 7.17. The minimum absolute atomic E-state index is 0.493. The van der Waals surface area contributed by atoms with Crippen LogP contribution in [0, 0.1) is 5.41 Å². The van der Waals surface area contributed by atoms with Gasteiger partial charge in [-0.3, -0.25) is 0 Å². The number of hydrogen-bond acceptors (Lipinski definition) is 2. The van der Waals surface area contributed by atoms with E-state index in [1.807, 2.05) is 0 Å². The fourth-order valence-corrected chi connectivity index (χ4v) is 2.34. The van der Waals surface area contributed by atoms with Crippen LogP contribution in [0.3, 0.4) is 0 Å². The molecule has 1 N–H and O–H groups in total. The number of nitrogens with zero attached hydrogens (tertiary/aromatic N) is 1. The van der Waals surface area contributed by atoms with E-state index in [0.717, 1.165) is 12.6 Å². The predicted octanol–water partition coefficient (Wildman–Crippen LogP) is 2.50. The first kappa shape index (κ1) is 13.0. The van der Waals surface area contributed by atoms with Crippen LogP contribution in [0.4, 0.5) is 0 Å². The molecule has 0 aliphatic heterocycles. The SMILES string of the molecule is CCNCC(CC)(CC)CN(C)C1CC1. The Morgan fingerprint density at radius 1 is 1.20 bits per heavy atom. The average Bonchev–Trinajstić information content (AvgIpc) is 3.08. The van der Waals surface area contributed by atoms with Crippen molar-refractivity contribution in [3.63, 3.8) is 0 Å². The summed E-state index contributed by atoms with van der Waals surface area (Å²) in [4.78, 5) is 2.57. The Kier molecular flexibility index (Phi) is 5.07. The largest absolute Gasteiger partial charge is 0.316 e. The molecular weight excluding hydrogens is 184 g/mol. The molecule has 0 radical (unpaired) electrons. The van der Waals surface area contributed by atoms with Gasteiger partial charge in [0.05, 0.1) is 0 Å². The smallest absolute Gasteiger partial charge is 0.00936 e. The summed E-state index contributed by atoms with van der Waals surface area (Å²) < 4.78 is 0. The molecule has 2 nitrogen and oxygen atoms in total. The lowest BCUT2D eigenvalue weighted by Crippen LogP contribution is -2.43. The zero-order chi connectivity index (χ0) is 11.3. The highest BCUT2D eigenvalue weighted by Gasteiger charge is 2.33. The first-order valence-electron chi connectivity index (χ1n) is 6.58. The quantitative estimate of drug-likeness (QED) is 0.665. The Balaban J connectivity index is 2.45. The molecule has 2 heteroatoms. The van der Waals surface area contributed by atoms with Gasteiger partial charge in [-0.05, 0) is 44.7 Å². The lowest BCUT2D eigenvalue weighted by atomic mass is 9.81. The van der Waals surface area contributed by atoms with Crippen LogP contribution in [0.15, 0.2) is 0 Å². The average molecular weight is 212 g/mol. The lowest BCUT2D eigenvalue weighted by Gasteiger charge is -2.36. The van der Waals surface area contributed by atoms with Gasteiger partial charge in [-0.2, -0.15) is 0 Å². The summed E-state index contributed by atoms with van der Waals surface area (Å²) in [6.45, 7) is 10.4. The second-order valence-electron chi connectivity index (χ2n) is 5.13. The second kappa shape index (κ2) is 5.86. The summed E-state index contributed by atoms with van der Waals surface area (Å²) in [6.07, 6.45) is 5.41. The fraction of sp³-hybridized carbons (Fsp3) is 1.00. The molecule has 0 spiro atoms. The summed E-state index contributed by atoms with van der Waals surface area (Å²) in [7, 11) is 2.30. The van der Waals surface area contributed by atoms with Crippen LogP contribution in [0.2, 0.25) is 0 Å². The Bertz CT molecular complexity index is 171. The molecule has 15 heavy (non-hydrogen) atoms. The van der Waals surface area contributed by atoms with Gasteiger partial charge in [-0.1, -0.05) is 20.8 Å². The van der Waals surface area contributed by atoms with Crippen LogP contribution >= 0.6 is 0 Å². The van der Waals surface area contributed by atoms with Gasteiger partial charge in [0.25, 0.3) is 0 Å². The van der Waals surface area contributed by atoms with Crippen LogP contribution < -0.4 is 5.32 Å². The lowest BCUT2D eigenvalue weighted by molar-refractivity contribution is 0.151. The zero-order valence-electron chi connectivity index (χ0n) is 11.0. The van der Waals surface area contributed by atoms with E-state index >= 15 is 0 Å². The van der Waals surface area contributed by atoms with Crippen LogP contribution in [0.25, 0.3) is 0 Å². The van der Waals surface area contributed by atoms with Crippen molar-refractivity contribution in [2.45, 2.75) is 52.5 Å². The van der Waals surface area contributed by atoms with Crippen LogP contribution in [0.5, 0.6) is 0 Å². The normalized spacial score (nSPS) is 17.4. The van der Waals surface area contributed by atoms with E-state index in [1.54, 1.807) is 0 Å². The molecule has 0 bridgehead atoms. The van der Waals surface area contributed by atoms with E-state index in [0.29, 0.717) is 5.41 Å². The standard InChI is InChI=1S/C13H28N2/c1-5-13(6-2,10-14-7-3)11-15(4)12-8-9-12/h12,14H,5-11H2,1-4H3. The van der Waals surface area contributed by atoms with E-state index < -0.39 is 0 Å². The highest BCUT2D eigenvalue weighted by Crippen LogP contribution is 2.32. The van der Waals surface area contributed by atoms with E-state index in [-0.39, 0.29) is 0 Å². The molecule has 0 aromatic carbocycles. The van der Waals surface area contributed by atoms with Gasteiger partial charge >= 0.3 is 0 Å². The van der Waals surface area contributed by atoms with E-state index in [9.17, 15) is 0 Å². The molecule has 1 aliphatic carbocycles. The van der Waals surface area contributed by atoms with Crippen molar-refractivity contribution in [1.29, 1.82) is 0 Å². The summed E-state index contributed by atoms with van der Waals surface area (Å²) in [6, 6.07) is 0.893. The van der Waals surface area contributed by atoms with Crippen molar-refractivity contribution >= 4 is 0 Å². The molecular formula is C13H28N2. The molecule has 1 fully saturated rings. The van der Waals surface area contributed by atoms with Crippen LogP contribution in [0.1, 0.15) is 46.5 Å². The van der Waals surface area contributed by atoms with Gasteiger partial charge < -0.3 is 10.2 Å². The van der Waals surface area contributed by atoms with Crippen molar-refractivity contribution in [3.05, 3.63) is 0 Å². The van der Waals surface area contributed by atoms with Crippen molar-refractivity contribution in [2.75, 3.05) is 26.7 Å². The zero-order valence-corrected chi connectivity index (χ0v) is 11.0. The topological polar surface area (TPSA) is 15.3 Å². The van der Waals surface area contributed by atoms with Gasteiger partial charge in [0.15, 0.2) is 0 Å². The van der Waals surface area contributed by atoms with Gasteiger partial charge in [-0.25, -0.2) is 0 Å². The highest BCUT2D eigenvalue weighted by molar-refractivity contribution is 4.88. The second-order valence-corrected chi connectivity index (χ2v) is 5.13. The molecule has 1 aliphatic rings. The van der Waals surface area contributed by atoms with Crippen LogP contribution in [-0.4, -0.2) is 37.6 Å². The molecule has 0 saturated heterocycles. The van der Waals surface area contributed by atoms with E-state index in [2.05, 4.69) is 38.0 Å². The third kappa shape index (κ3) is 3.76. The van der Waals surface area contributed by atoms with E-state index in [4.69, 9.17) is 0 Å². The molecule has 1 saturated carbocycles. The Morgan fingerprint density at radius 2 is 1.80 bits per heavy atom. The summed E-state index contributed by atoms with van der Waals surface area (Å²) in [5.41, 5.74) is 0.493. The van der Waals surface area contributed by atoms with Crippen molar-refractivity contribution in [3.8, 4) is 0 Å². The maximum Gasteiger partial charge on any atom is 0.00936 e. The molecule has 0 heterocycles. The molecule has 0 atom stereocenters. The monoisotopic (exact) mass is 212 g/mol. The molecule has 0 aromatic rings. The predicted molar refractivity (Wildman–Crippen MR) is 67.2 cm³/mol. The molecule has 0 unspecified atom stereocenters. The molecule has 1 rings (SSSR count). The third-order valence-electron chi connectivity index (χ3n) is 4.01. The first-order valence-corrected chi connectivity index (χ1v) is 6.58. The number of nitrogens with one attached hydrogen (secondary N) is 1. The molecule has 0 aromatic heterocycles. The summed E-state index contributed by atoms with van der Waals surface area (Å²) in [5.74, 6) is 0. The minimum atomic E-state index is 0.493. The van der Waals surface area contributed by atoms with Gasteiger partial charge in [0, 0.05) is 19.1 Å². The van der Waals surface area contributed by atoms with Crippen LogP contribution in [-0.2, 0) is 0 Å². The molecule has 90 valence electrons. The third-order valence-corrected chi connectivity index (χ3v) is 4.01. The van der Waals surface area contributed by atoms with Gasteiger partial charge in [0.2, 0.25) is 0 Å². The number of rotatable bonds is 8. The summed E-state index contributed by atoms with van der Waals surface area (Å²) in [5, 5.41) is 3.53. The molecule has 0 amide bonds. The number of hydrogen-bond donors (Lipinski definition) is 1. The minimum Gasteiger partial charge on any atom is -0.316 e. The van der Waals surface area contributed by atoms with Gasteiger partial charge in [0.1, 0.15) is 0 Å². The summed E-state index contributed by atoms with van der Waals surface area (Å²) >= 11 is 0. The van der Waals surface area contributed by atoms with Gasteiger partial charge in [-0.15, -0.1) is 0 Å². The maximum atomic E-state index is 3.53.